The molecule has 0 spiro atoms. The number of hydrogen-bond donors (Lipinski definition) is 1. The predicted molar refractivity (Wildman–Crippen MR) is 98.3 cm³/mol. The number of hydrogen-bond acceptors (Lipinski definition) is 3. The number of benzene rings is 2. The molecule has 0 atom stereocenters. The minimum atomic E-state index is -0.177. The van der Waals surface area contributed by atoms with Crippen LogP contribution in [0.3, 0.4) is 0 Å². The topological polar surface area (TPSA) is 41.6 Å². The maximum atomic E-state index is 11.9. The molecule has 0 aromatic heterocycles. The van der Waals surface area contributed by atoms with Crippen molar-refractivity contribution in [2.24, 2.45) is 0 Å². The minimum absolute atomic E-state index is 0.0145. The summed E-state index contributed by atoms with van der Waals surface area (Å²) in [7, 11) is 0. The van der Waals surface area contributed by atoms with Crippen LogP contribution in [0.5, 0.6) is 5.75 Å². The molecule has 0 unspecified atom stereocenters. The zero-order chi connectivity index (χ0) is 16.7. The zero-order valence-electron chi connectivity index (χ0n) is 13.4. The van der Waals surface area contributed by atoms with Crippen LogP contribution in [0.2, 0.25) is 0 Å². The Kier molecular flexibility index (Phi) is 6.47. The second-order valence-corrected chi connectivity index (χ2v) is 5.93. The van der Waals surface area contributed by atoms with E-state index in [4.69, 9.17) is 4.74 Å². The SMILES string of the molecule is CCN(CC)c1ccc(NC(=O)COc2ccc(Br)cc2)cc1. The van der Waals surface area contributed by atoms with Gasteiger partial charge in [-0.1, -0.05) is 15.9 Å². The molecular formula is C18H21BrN2O2. The van der Waals surface area contributed by atoms with Gasteiger partial charge in [0.25, 0.3) is 5.91 Å². The lowest BCUT2D eigenvalue weighted by Crippen LogP contribution is -2.22. The molecule has 0 saturated carbocycles. The molecule has 23 heavy (non-hydrogen) atoms. The van der Waals surface area contributed by atoms with Crippen molar-refractivity contribution in [2.45, 2.75) is 13.8 Å². The lowest BCUT2D eigenvalue weighted by molar-refractivity contribution is -0.118. The Morgan fingerprint density at radius 3 is 2.22 bits per heavy atom. The molecule has 0 aliphatic rings. The monoisotopic (exact) mass is 376 g/mol. The average molecular weight is 377 g/mol. The summed E-state index contributed by atoms with van der Waals surface area (Å²) in [5, 5.41) is 2.83. The molecule has 0 bridgehead atoms. The van der Waals surface area contributed by atoms with E-state index in [0.717, 1.165) is 28.9 Å². The normalized spacial score (nSPS) is 10.2. The molecular weight excluding hydrogens is 356 g/mol. The van der Waals surface area contributed by atoms with Crippen LogP contribution < -0.4 is 15.0 Å². The van der Waals surface area contributed by atoms with Crippen LogP contribution in [0.1, 0.15) is 13.8 Å². The van der Waals surface area contributed by atoms with Crippen molar-refractivity contribution in [2.75, 3.05) is 29.9 Å². The van der Waals surface area contributed by atoms with Crippen molar-refractivity contribution in [3.05, 3.63) is 53.0 Å². The average Bonchev–Trinajstić information content (AvgIpc) is 2.57. The third-order valence-electron chi connectivity index (χ3n) is 3.46. The third kappa shape index (κ3) is 5.28. The van der Waals surface area contributed by atoms with Crippen molar-refractivity contribution in [3.8, 4) is 5.75 Å². The van der Waals surface area contributed by atoms with Crippen LogP contribution in [-0.2, 0) is 4.79 Å². The summed E-state index contributed by atoms with van der Waals surface area (Å²) in [4.78, 5) is 14.2. The Morgan fingerprint density at radius 1 is 1.04 bits per heavy atom. The summed E-state index contributed by atoms with van der Waals surface area (Å²) < 4.78 is 6.43. The Hall–Kier alpha value is -2.01. The Balaban J connectivity index is 1.86. The largest absolute Gasteiger partial charge is 0.484 e. The predicted octanol–water partition coefficient (Wildman–Crippen LogP) is 4.31. The number of nitrogens with one attached hydrogen (secondary N) is 1. The maximum Gasteiger partial charge on any atom is 0.262 e. The molecule has 2 aromatic carbocycles. The summed E-state index contributed by atoms with van der Waals surface area (Å²) in [6, 6.07) is 15.2. The molecule has 4 nitrogen and oxygen atoms in total. The van der Waals surface area contributed by atoms with Crippen LogP contribution in [-0.4, -0.2) is 25.6 Å². The zero-order valence-corrected chi connectivity index (χ0v) is 15.0. The van der Waals surface area contributed by atoms with Gasteiger partial charge in [-0.05, 0) is 62.4 Å². The van der Waals surface area contributed by atoms with Crippen molar-refractivity contribution in [1.82, 2.24) is 0 Å². The summed E-state index contributed by atoms with van der Waals surface area (Å²) in [5.74, 6) is 0.490. The molecule has 0 saturated heterocycles. The van der Waals surface area contributed by atoms with Crippen molar-refractivity contribution < 1.29 is 9.53 Å². The number of rotatable bonds is 7. The highest BCUT2D eigenvalue weighted by Gasteiger charge is 2.05. The van der Waals surface area contributed by atoms with Crippen LogP contribution in [0, 0.1) is 0 Å². The Labute approximate surface area is 145 Å². The number of halogens is 1. The van der Waals surface area contributed by atoms with Gasteiger partial charge >= 0.3 is 0 Å². The van der Waals surface area contributed by atoms with E-state index in [-0.39, 0.29) is 12.5 Å². The fraction of sp³-hybridized carbons (Fsp3) is 0.278. The Morgan fingerprint density at radius 2 is 1.65 bits per heavy atom. The fourth-order valence-electron chi connectivity index (χ4n) is 2.22. The molecule has 5 heteroatoms. The molecule has 0 aliphatic carbocycles. The highest BCUT2D eigenvalue weighted by Crippen LogP contribution is 2.18. The quantitative estimate of drug-likeness (QED) is 0.782. The standard InChI is InChI=1S/C18H21BrN2O2/c1-3-21(4-2)16-9-7-15(8-10-16)20-18(22)13-23-17-11-5-14(19)6-12-17/h5-12H,3-4,13H2,1-2H3,(H,20,22). The van der Waals surface area contributed by atoms with Gasteiger partial charge in [-0.15, -0.1) is 0 Å². The van der Waals surface area contributed by atoms with Crippen molar-refractivity contribution >= 4 is 33.2 Å². The van der Waals surface area contributed by atoms with Gasteiger partial charge in [-0.3, -0.25) is 4.79 Å². The van der Waals surface area contributed by atoms with Gasteiger partial charge in [0.2, 0.25) is 0 Å². The van der Waals surface area contributed by atoms with Crippen LogP contribution in [0.4, 0.5) is 11.4 Å². The maximum absolute atomic E-state index is 11.9. The lowest BCUT2D eigenvalue weighted by Gasteiger charge is -2.21. The van der Waals surface area contributed by atoms with E-state index in [1.54, 1.807) is 0 Å². The van der Waals surface area contributed by atoms with Gasteiger partial charge in [0, 0.05) is 28.9 Å². The van der Waals surface area contributed by atoms with E-state index in [0.29, 0.717) is 5.75 Å². The second kappa shape index (κ2) is 8.58. The molecule has 1 amide bonds. The van der Waals surface area contributed by atoms with E-state index >= 15 is 0 Å². The first-order valence-electron chi connectivity index (χ1n) is 7.65. The van der Waals surface area contributed by atoms with Crippen LogP contribution >= 0.6 is 15.9 Å². The molecule has 0 aliphatic heterocycles. The lowest BCUT2D eigenvalue weighted by atomic mass is 10.2. The van der Waals surface area contributed by atoms with E-state index in [9.17, 15) is 4.79 Å². The van der Waals surface area contributed by atoms with Gasteiger partial charge < -0.3 is 15.0 Å². The first-order valence-corrected chi connectivity index (χ1v) is 8.45. The van der Waals surface area contributed by atoms with E-state index in [2.05, 4.69) is 40.0 Å². The highest BCUT2D eigenvalue weighted by atomic mass is 79.9. The molecule has 1 N–H and O–H groups in total. The molecule has 0 fully saturated rings. The van der Waals surface area contributed by atoms with Gasteiger partial charge in [-0.25, -0.2) is 0 Å². The van der Waals surface area contributed by atoms with Crippen molar-refractivity contribution in [1.29, 1.82) is 0 Å². The van der Waals surface area contributed by atoms with Crippen molar-refractivity contribution in [3.63, 3.8) is 0 Å². The Bertz CT molecular complexity index is 622. The fourth-order valence-corrected chi connectivity index (χ4v) is 2.49. The first-order chi connectivity index (χ1) is 11.1. The first kappa shape index (κ1) is 17.3. The number of ether oxygens (including phenoxy) is 1. The number of carbonyl (C=O) groups is 1. The molecule has 0 radical (unpaired) electrons. The smallest absolute Gasteiger partial charge is 0.262 e. The molecule has 2 rings (SSSR count). The van der Waals surface area contributed by atoms with E-state index in [1.807, 2.05) is 48.5 Å². The van der Waals surface area contributed by atoms with E-state index in [1.165, 1.54) is 0 Å². The minimum Gasteiger partial charge on any atom is -0.484 e. The van der Waals surface area contributed by atoms with Gasteiger partial charge in [-0.2, -0.15) is 0 Å². The number of nitrogens with zero attached hydrogens (tertiary/aromatic N) is 1. The molecule has 122 valence electrons. The van der Waals surface area contributed by atoms with E-state index < -0.39 is 0 Å². The summed E-state index contributed by atoms with van der Waals surface area (Å²) in [6.07, 6.45) is 0. The summed E-state index contributed by atoms with van der Waals surface area (Å²) >= 11 is 3.36. The summed E-state index contributed by atoms with van der Waals surface area (Å²) in [6.45, 7) is 6.16. The van der Waals surface area contributed by atoms with Gasteiger partial charge in [0.15, 0.2) is 6.61 Å². The molecule has 2 aromatic rings. The number of anilines is 2. The van der Waals surface area contributed by atoms with Gasteiger partial charge in [0.1, 0.15) is 5.75 Å². The highest BCUT2D eigenvalue weighted by molar-refractivity contribution is 9.10. The number of amides is 1. The van der Waals surface area contributed by atoms with Crippen LogP contribution in [0.25, 0.3) is 0 Å². The third-order valence-corrected chi connectivity index (χ3v) is 3.99. The number of carbonyl (C=O) groups excluding carboxylic acids is 1. The van der Waals surface area contributed by atoms with Gasteiger partial charge in [0.05, 0.1) is 0 Å². The molecule has 0 heterocycles. The van der Waals surface area contributed by atoms with Crippen LogP contribution in [0.15, 0.2) is 53.0 Å². The second-order valence-electron chi connectivity index (χ2n) is 5.01. The summed E-state index contributed by atoms with van der Waals surface area (Å²) in [5.41, 5.74) is 1.92.